The molecule has 1 rings (SSSR count). The molecule has 0 fully saturated rings. The van der Waals surface area contributed by atoms with E-state index in [0.29, 0.717) is 0 Å². The Morgan fingerprint density at radius 2 is 1.89 bits per heavy atom. The molecule has 0 radical (unpaired) electrons. The second-order valence-corrected chi connectivity index (χ2v) is 7.01. The van der Waals surface area contributed by atoms with Gasteiger partial charge in [0.2, 0.25) is 5.88 Å². The van der Waals surface area contributed by atoms with E-state index >= 15 is 0 Å². The largest absolute Gasteiger partial charge is 0.494 e. The standard InChI is InChI=1S/C11H18N2O5S/c1-4-19(17,18)6-5-13-10(15)8(7(2)3)9(14)12-11(13)16/h7,15H,4-6H2,1-3H3,(H,12,14,16). The summed E-state index contributed by atoms with van der Waals surface area (Å²) in [5, 5.41) is 9.94. The van der Waals surface area contributed by atoms with Crippen LogP contribution < -0.4 is 11.2 Å². The second kappa shape index (κ2) is 5.60. The van der Waals surface area contributed by atoms with E-state index in [2.05, 4.69) is 4.98 Å². The van der Waals surface area contributed by atoms with E-state index in [4.69, 9.17) is 0 Å². The number of rotatable bonds is 5. The van der Waals surface area contributed by atoms with Crippen molar-refractivity contribution < 1.29 is 13.5 Å². The Hall–Kier alpha value is -1.57. The van der Waals surface area contributed by atoms with Gasteiger partial charge in [0.25, 0.3) is 5.56 Å². The summed E-state index contributed by atoms with van der Waals surface area (Å²) in [5.74, 6) is -1.04. The first kappa shape index (κ1) is 15.5. The van der Waals surface area contributed by atoms with Crippen molar-refractivity contribution in [2.75, 3.05) is 11.5 Å². The average Bonchev–Trinajstić information content (AvgIpc) is 2.27. The van der Waals surface area contributed by atoms with Crippen molar-refractivity contribution in [2.45, 2.75) is 33.2 Å². The van der Waals surface area contributed by atoms with E-state index in [-0.39, 0.29) is 29.5 Å². The maximum absolute atomic E-state index is 11.6. The van der Waals surface area contributed by atoms with Gasteiger partial charge in [-0.2, -0.15) is 0 Å². The number of aromatic hydroxyl groups is 1. The maximum Gasteiger partial charge on any atom is 0.331 e. The number of hydrogen-bond acceptors (Lipinski definition) is 5. The topological polar surface area (TPSA) is 109 Å². The molecule has 7 nitrogen and oxygen atoms in total. The highest BCUT2D eigenvalue weighted by Gasteiger charge is 2.18. The Labute approximate surface area is 110 Å². The molecule has 1 heterocycles. The minimum absolute atomic E-state index is 0.0388. The maximum atomic E-state index is 11.6. The molecule has 19 heavy (non-hydrogen) atoms. The summed E-state index contributed by atoms with van der Waals surface area (Å²) in [6.07, 6.45) is 0. The van der Waals surface area contributed by atoms with Crippen LogP contribution in [0.25, 0.3) is 0 Å². The average molecular weight is 290 g/mol. The molecule has 0 spiro atoms. The SMILES string of the molecule is CCS(=O)(=O)CCn1c(O)c(C(C)C)c(=O)[nH]c1=O. The third-order valence-electron chi connectivity index (χ3n) is 2.85. The van der Waals surface area contributed by atoms with E-state index in [1.165, 1.54) is 6.92 Å². The van der Waals surface area contributed by atoms with Crippen LogP contribution in [0, 0.1) is 0 Å². The van der Waals surface area contributed by atoms with Gasteiger partial charge in [-0.25, -0.2) is 13.2 Å². The van der Waals surface area contributed by atoms with E-state index in [9.17, 15) is 23.1 Å². The Morgan fingerprint density at radius 3 is 2.37 bits per heavy atom. The summed E-state index contributed by atoms with van der Waals surface area (Å²) in [6, 6.07) is 0. The van der Waals surface area contributed by atoms with Crippen LogP contribution in [-0.4, -0.2) is 34.6 Å². The van der Waals surface area contributed by atoms with E-state index in [1.54, 1.807) is 13.8 Å². The van der Waals surface area contributed by atoms with Crippen LogP contribution >= 0.6 is 0 Å². The fraction of sp³-hybridized carbons (Fsp3) is 0.636. The van der Waals surface area contributed by atoms with Gasteiger partial charge in [0.15, 0.2) is 9.84 Å². The molecule has 0 atom stereocenters. The van der Waals surface area contributed by atoms with Crippen molar-refractivity contribution in [3.05, 3.63) is 26.4 Å². The quantitative estimate of drug-likeness (QED) is 0.780. The van der Waals surface area contributed by atoms with Crippen molar-refractivity contribution >= 4 is 9.84 Å². The molecule has 0 aliphatic carbocycles. The van der Waals surface area contributed by atoms with Crippen LogP contribution in [0.1, 0.15) is 32.3 Å². The van der Waals surface area contributed by atoms with Crippen LogP contribution in [-0.2, 0) is 16.4 Å². The molecule has 0 aliphatic heterocycles. The summed E-state index contributed by atoms with van der Waals surface area (Å²) in [7, 11) is -3.26. The van der Waals surface area contributed by atoms with Gasteiger partial charge in [-0.05, 0) is 5.92 Å². The van der Waals surface area contributed by atoms with Gasteiger partial charge in [0.05, 0.1) is 11.3 Å². The van der Waals surface area contributed by atoms with Crippen molar-refractivity contribution in [1.29, 1.82) is 0 Å². The molecule has 0 aromatic carbocycles. The zero-order valence-electron chi connectivity index (χ0n) is 11.1. The molecule has 0 unspecified atom stereocenters. The zero-order chi connectivity index (χ0) is 14.8. The number of H-pyrrole nitrogens is 1. The van der Waals surface area contributed by atoms with Gasteiger partial charge in [-0.15, -0.1) is 0 Å². The van der Waals surface area contributed by atoms with E-state index < -0.39 is 27.0 Å². The molecule has 0 saturated carbocycles. The summed E-state index contributed by atoms with van der Waals surface area (Å²) < 4.78 is 23.7. The summed E-state index contributed by atoms with van der Waals surface area (Å²) in [4.78, 5) is 25.2. The first-order valence-electron chi connectivity index (χ1n) is 5.96. The van der Waals surface area contributed by atoms with Crippen LogP contribution in [0.4, 0.5) is 0 Å². The minimum Gasteiger partial charge on any atom is -0.494 e. The highest BCUT2D eigenvalue weighted by atomic mass is 32.2. The molecule has 0 amide bonds. The fourth-order valence-corrected chi connectivity index (χ4v) is 2.43. The third kappa shape index (κ3) is 3.46. The molecule has 0 bridgehead atoms. The molecular formula is C11H18N2O5S. The molecule has 0 aliphatic rings. The number of hydrogen-bond donors (Lipinski definition) is 2. The van der Waals surface area contributed by atoms with Crippen LogP contribution in [0.5, 0.6) is 5.88 Å². The van der Waals surface area contributed by atoms with Crippen molar-refractivity contribution in [2.24, 2.45) is 0 Å². The highest BCUT2D eigenvalue weighted by molar-refractivity contribution is 7.91. The molecule has 1 aromatic heterocycles. The Morgan fingerprint density at radius 1 is 1.32 bits per heavy atom. The number of aromatic nitrogens is 2. The first-order chi connectivity index (χ1) is 8.69. The summed E-state index contributed by atoms with van der Waals surface area (Å²) in [6.45, 7) is 4.71. The zero-order valence-corrected chi connectivity index (χ0v) is 12.0. The molecule has 2 N–H and O–H groups in total. The van der Waals surface area contributed by atoms with Gasteiger partial charge < -0.3 is 5.11 Å². The van der Waals surface area contributed by atoms with Crippen molar-refractivity contribution in [3.8, 4) is 5.88 Å². The smallest absolute Gasteiger partial charge is 0.331 e. The lowest BCUT2D eigenvalue weighted by Crippen LogP contribution is -2.34. The molecule has 108 valence electrons. The molecule has 8 heteroatoms. The first-order valence-corrected chi connectivity index (χ1v) is 7.78. The summed E-state index contributed by atoms with van der Waals surface area (Å²) in [5.41, 5.74) is -1.38. The summed E-state index contributed by atoms with van der Waals surface area (Å²) >= 11 is 0. The van der Waals surface area contributed by atoms with Crippen LogP contribution in [0.3, 0.4) is 0 Å². The van der Waals surface area contributed by atoms with Gasteiger partial charge in [-0.3, -0.25) is 14.3 Å². The number of sulfone groups is 1. The lowest BCUT2D eigenvalue weighted by molar-refractivity contribution is 0.394. The Balaban J connectivity index is 3.26. The number of nitrogens with zero attached hydrogens (tertiary/aromatic N) is 1. The van der Waals surface area contributed by atoms with Gasteiger partial charge in [-0.1, -0.05) is 20.8 Å². The predicted octanol–water partition coefficient (Wildman–Crippen LogP) is -0.200. The minimum atomic E-state index is -3.26. The Bertz CT molecular complexity index is 669. The van der Waals surface area contributed by atoms with Crippen molar-refractivity contribution in [3.63, 3.8) is 0 Å². The van der Waals surface area contributed by atoms with E-state index in [1.807, 2.05) is 0 Å². The van der Waals surface area contributed by atoms with E-state index in [0.717, 1.165) is 4.57 Å². The predicted molar refractivity (Wildman–Crippen MR) is 71.4 cm³/mol. The molecular weight excluding hydrogens is 272 g/mol. The lowest BCUT2D eigenvalue weighted by Gasteiger charge is -2.12. The van der Waals surface area contributed by atoms with Gasteiger partial charge in [0, 0.05) is 12.3 Å². The van der Waals surface area contributed by atoms with Crippen LogP contribution in [0.15, 0.2) is 9.59 Å². The highest BCUT2D eigenvalue weighted by Crippen LogP contribution is 2.19. The van der Waals surface area contributed by atoms with Gasteiger partial charge in [0.1, 0.15) is 0 Å². The van der Waals surface area contributed by atoms with Crippen molar-refractivity contribution in [1.82, 2.24) is 9.55 Å². The third-order valence-corrected chi connectivity index (χ3v) is 4.53. The van der Waals surface area contributed by atoms with Crippen LogP contribution in [0.2, 0.25) is 0 Å². The Kier molecular flexibility index (Phi) is 4.56. The number of nitrogens with one attached hydrogen (secondary N) is 1. The molecule has 1 aromatic rings. The monoisotopic (exact) mass is 290 g/mol. The van der Waals surface area contributed by atoms with Gasteiger partial charge >= 0.3 is 5.69 Å². The second-order valence-electron chi connectivity index (χ2n) is 4.54. The normalized spacial score (nSPS) is 12.0. The fourth-order valence-electron chi connectivity index (χ4n) is 1.68. The molecule has 0 saturated heterocycles. The number of aromatic amines is 1. The lowest BCUT2D eigenvalue weighted by atomic mass is 10.1.